The number of hydrogen-bond donors (Lipinski definition) is 2. The van der Waals surface area contributed by atoms with E-state index in [4.69, 9.17) is 0 Å². The van der Waals surface area contributed by atoms with Crippen molar-refractivity contribution in [3.05, 3.63) is 30.3 Å². The van der Waals surface area contributed by atoms with Gasteiger partial charge in [-0.2, -0.15) is 0 Å². The van der Waals surface area contributed by atoms with E-state index in [1.807, 2.05) is 44.2 Å². The molecule has 2 N–H and O–H groups in total. The van der Waals surface area contributed by atoms with Crippen LogP contribution in [-0.4, -0.2) is 35.6 Å². The third-order valence-electron chi connectivity index (χ3n) is 4.04. The molecule has 0 bridgehead atoms. The highest BCUT2D eigenvalue weighted by atomic mass is 16.3. The van der Waals surface area contributed by atoms with Gasteiger partial charge in [-0.05, 0) is 24.5 Å². The molecule has 3 atom stereocenters. The van der Waals surface area contributed by atoms with Gasteiger partial charge in [-0.3, -0.25) is 9.59 Å². The number of anilines is 1. The number of aliphatic hydroxyl groups is 1. The molecule has 0 aromatic heterocycles. The van der Waals surface area contributed by atoms with E-state index in [1.54, 1.807) is 4.90 Å². The number of carbonyl (C=O) groups is 2. The van der Waals surface area contributed by atoms with E-state index in [0.29, 0.717) is 19.4 Å². The molecule has 1 saturated heterocycles. The summed E-state index contributed by atoms with van der Waals surface area (Å²) < 4.78 is 0. The summed E-state index contributed by atoms with van der Waals surface area (Å²) in [5.41, 5.74) is 0.835. The van der Waals surface area contributed by atoms with Crippen molar-refractivity contribution in [3.8, 4) is 0 Å². The number of hydrogen-bond acceptors (Lipinski definition) is 3. The van der Waals surface area contributed by atoms with Gasteiger partial charge in [0.25, 0.3) is 0 Å². The predicted octanol–water partition coefficient (Wildman–Crippen LogP) is 1.32. The predicted molar refractivity (Wildman–Crippen MR) is 80.8 cm³/mol. The number of aliphatic hydroxyl groups excluding tert-OH is 1. The molecule has 0 saturated carbocycles. The fraction of sp³-hybridized carbons (Fsp3) is 0.500. The van der Waals surface area contributed by atoms with Gasteiger partial charge >= 0.3 is 0 Å². The number of rotatable bonds is 5. The van der Waals surface area contributed by atoms with Crippen molar-refractivity contribution in [1.82, 2.24) is 5.32 Å². The number of amides is 2. The van der Waals surface area contributed by atoms with Crippen LogP contribution in [0.2, 0.25) is 0 Å². The lowest BCUT2D eigenvalue weighted by Crippen LogP contribution is -2.47. The Labute approximate surface area is 125 Å². The van der Waals surface area contributed by atoms with Gasteiger partial charge in [0.2, 0.25) is 11.8 Å². The minimum atomic E-state index is -1.06. The van der Waals surface area contributed by atoms with Gasteiger partial charge in [-0.25, -0.2) is 0 Å². The number of carbonyl (C=O) groups excluding carboxylic acids is 2. The Balaban J connectivity index is 1.98. The van der Waals surface area contributed by atoms with E-state index >= 15 is 0 Å². The highest BCUT2D eigenvalue weighted by Crippen LogP contribution is 2.21. The van der Waals surface area contributed by atoms with Crippen molar-refractivity contribution in [2.24, 2.45) is 5.92 Å². The van der Waals surface area contributed by atoms with Crippen LogP contribution in [0, 0.1) is 5.92 Å². The zero-order valence-electron chi connectivity index (χ0n) is 12.5. The van der Waals surface area contributed by atoms with E-state index in [1.165, 1.54) is 0 Å². The highest BCUT2D eigenvalue weighted by molar-refractivity contribution is 6.01. The first-order chi connectivity index (χ1) is 10.0. The first-order valence-electron chi connectivity index (χ1n) is 7.39. The number of nitrogens with zero attached hydrogens (tertiary/aromatic N) is 1. The van der Waals surface area contributed by atoms with Crippen LogP contribution in [0.25, 0.3) is 0 Å². The fourth-order valence-electron chi connectivity index (χ4n) is 2.42. The minimum absolute atomic E-state index is 0.119. The van der Waals surface area contributed by atoms with Crippen molar-refractivity contribution in [1.29, 1.82) is 0 Å². The lowest BCUT2D eigenvalue weighted by Gasteiger charge is -2.20. The zero-order chi connectivity index (χ0) is 15.4. The normalized spacial score (nSPS) is 21.2. The second kappa shape index (κ2) is 6.72. The molecule has 21 heavy (non-hydrogen) atoms. The summed E-state index contributed by atoms with van der Waals surface area (Å²) in [4.78, 5) is 26.0. The van der Waals surface area contributed by atoms with Gasteiger partial charge in [0.1, 0.15) is 12.1 Å². The smallest absolute Gasteiger partial charge is 0.249 e. The molecule has 2 rings (SSSR count). The maximum Gasteiger partial charge on any atom is 0.249 e. The second-order valence-corrected chi connectivity index (χ2v) is 5.51. The Kier molecular flexibility index (Phi) is 4.96. The van der Waals surface area contributed by atoms with Crippen molar-refractivity contribution < 1.29 is 14.7 Å². The average molecular weight is 290 g/mol. The Morgan fingerprint density at radius 1 is 1.43 bits per heavy atom. The highest BCUT2D eigenvalue weighted by Gasteiger charge is 2.35. The van der Waals surface area contributed by atoms with Crippen molar-refractivity contribution >= 4 is 17.5 Å². The topological polar surface area (TPSA) is 69.6 Å². The molecule has 114 valence electrons. The maximum atomic E-state index is 12.3. The molecule has 1 aromatic carbocycles. The Morgan fingerprint density at radius 2 is 2.10 bits per heavy atom. The van der Waals surface area contributed by atoms with Crippen molar-refractivity contribution in [3.63, 3.8) is 0 Å². The first kappa shape index (κ1) is 15.5. The van der Waals surface area contributed by atoms with Gasteiger partial charge in [-0.15, -0.1) is 0 Å². The molecule has 5 heteroatoms. The van der Waals surface area contributed by atoms with Crippen LogP contribution in [0.5, 0.6) is 0 Å². The average Bonchev–Trinajstić information content (AvgIpc) is 2.87. The molecule has 0 radical (unpaired) electrons. The van der Waals surface area contributed by atoms with Crippen molar-refractivity contribution in [2.75, 3.05) is 11.4 Å². The molecule has 1 heterocycles. The summed E-state index contributed by atoms with van der Waals surface area (Å²) in [7, 11) is 0. The summed E-state index contributed by atoms with van der Waals surface area (Å²) in [6.45, 7) is 4.31. The second-order valence-electron chi connectivity index (χ2n) is 5.51. The summed E-state index contributed by atoms with van der Waals surface area (Å²) >= 11 is 0. The first-order valence-corrected chi connectivity index (χ1v) is 7.39. The monoisotopic (exact) mass is 290 g/mol. The largest absolute Gasteiger partial charge is 0.383 e. The molecule has 1 fully saturated rings. The molecule has 0 aliphatic carbocycles. The number of nitrogens with one attached hydrogen (secondary N) is 1. The van der Waals surface area contributed by atoms with E-state index < -0.39 is 18.1 Å². The Bertz CT molecular complexity index is 504. The summed E-state index contributed by atoms with van der Waals surface area (Å²) in [6, 6.07) is 8.84. The Morgan fingerprint density at radius 3 is 2.71 bits per heavy atom. The third kappa shape index (κ3) is 3.42. The van der Waals surface area contributed by atoms with Gasteiger partial charge in [0.15, 0.2) is 0 Å². The lowest BCUT2D eigenvalue weighted by molar-refractivity contribution is -0.134. The maximum absolute atomic E-state index is 12.3. The summed E-state index contributed by atoms with van der Waals surface area (Å²) in [6.07, 6.45) is 0.212. The van der Waals surface area contributed by atoms with Crippen molar-refractivity contribution in [2.45, 2.75) is 38.8 Å². The molecule has 2 amide bonds. The summed E-state index contributed by atoms with van der Waals surface area (Å²) in [5, 5.41) is 12.5. The van der Waals surface area contributed by atoms with E-state index in [9.17, 15) is 14.7 Å². The quantitative estimate of drug-likeness (QED) is 0.859. The standard InChI is InChI=1S/C16H22N2O3/c1-3-11(2)14(19)15(20)17-13-9-10-18(16(13)21)12-7-5-4-6-8-12/h4-8,11,13-14,19H,3,9-10H2,1-2H3,(H,17,20). The fourth-order valence-corrected chi connectivity index (χ4v) is 2.42. The van der Waals surface area contributed by atoms with Crippen LogP contribution in [-0.2, 0) is 9.59 Å². The van der Waals surface area contributed by atoms with Crippen LogP contribution in [0.4, 0.5) is 5.69 Å². The van der Waals surface area contributed by atoms with Crippen LogP contribution >= 0.6 is 0 Å². The van der Waals surface area contributed by atoms with Gasteiger partial charge in [0, 0.05) is 12.2 Å². The molecule has 0 spiro atoms. The molecule has 3 unspecified atom stereocenters. The minimum Gasteiger partial charge on any atom is -0.383 e. The van der Waals surface area contributed by atoms with Crippen LogP contribution < -0.4 is 10.2 Å². The SMILES string of the molecule is CCC(C)C(O)C(=O)NC1CCN(c2ccccc2)C1=O. The number of para-hydroxylation sites is 1. The third-order valence-corrected chi connectivity index (χ3v) is 4.04. The van der Waals surface area contributed by atoms with Gasteiger partial charge < -0.3 is 15.3 Å². The van der Waals surface area contributed by atoms with E-state index in [-0.39, 0.29) is 11.8 Å². The van der Waals surface area contributed by atoms with Crippen LogP contribution in [0.3, 0.4) is 0 Å². The molecule has 1 aromatic rings. The van der Waals surface area contributed by atoms with E-state index in [2.05, 4.69) is 5.32 Å². The molecular formula is C16H22N2O3. The van der Waals surface area contributed by atoms with Crippen LogP contribution in [0.15, 0.2) is 30.3 Å². The lowest BCUT2D eigenvalue weighted by atomic mass is 10.0. The van der Waals surface area contributed by atoms with E-state index in [0.717, 1.165) is 5.69 Å². The zero-order valence-corrected chi connectivity index (χ0v) is 12.5. The molecule has 1 aliphatic heterocycles. The summed E-state index contributed by atoms with van der Waals surface area (Å²) in [5.74, 6) is -0.699. The van der Waals surface area contributed by atoms with Gasteiger partial charge in [-0.1, -0.05) is 38.5 Å². The molecule has 1 aliphatic rings. The Hall–Kier alpha value is -1.88. The number of benzene rings is 1. The molecular weight excluding hydrogens is 268 g/mol. The van der Waals surface area contributed by atoms with Gasteiger partial charge in [0.05, 0.1) is 0 Å². The van der Waals surface area contributed by atoms with Crippen LogP contribution in [0.1, 0.15) is 26.7 Å². The molecule has 5 nitrogen and oxygen atoms in total.